The van der Waals surface area contributed by atoms with Crippen molar-refractivity contribution >= 4 is 70.2 Å². The van der Waals surface area contributed by atoms with E-state index in [1.54, 1.807) is 12.1 Å². The minimum absolute atomic E-state index is 0.0225. The number of anilines is 6. The van der Waals surface area contributed by atoms with E-state index >= 15 is 0 Å². The number of hydrogen-bond acceptors (Lipinski definition) is 13. The number of pyridine rings is 4. The summed E-state index contributed by atoms with van der Waals surface area (Å²) in [5, 5.41) is 14.3. The molecule has 0 aliphatic carbocycles. The number of carbonyl (C=O) groups is 6. The Hall–Kier alpha value is -7.40. The number of nitrogens with one attached hydrogen (secondary N) is 2. The van der Waals surface area contributed by atoms with Crippen LogP contribution in [-0.2, 0) is 4.74 Å². The summed E-state index contributed by atoms with van der Waals surface area (Å²) in [6.07, 6.45) is -9.00. The number of urea groups is 2. The number of aromatic nitrogens is 4. The molecule has 8 rings (SSSR count). The number of ketones is 2. The number of aromatic carboxylic acids is 1. The highest BCUT2D eigenvalue weighted by atomic mass is 19.4. The van der Waals surface area contributed by atoms with Gasteiger partial charge in [0, 0.05) is 51.4 Å². The summed E-state index contributed by atoms with van der Waals surface area (Å²) in [7, 11) is 1.23. The summed E-state index contributed by atoms with van der Waals surface area (Å²) in [6, 6.07) is 9.50. The van der Waals surface area contributed by atoms with Crippen molar-refractivity contribution < 1.29 is 65.0 Å². The lowest BCUT2D eigenvalue weighted by Crippen LogP contribution is -2.48. The van der Waals surface area contributed by atoms with Gasteiger partial charge in [-0.1, -0.05) is 0 Å². The number of nitrogens with zero attached hydrogens (tertiary/aromatic N) is 8. The van der Waals surface area contributed by atoms with Crippen molar-refractivity contribution in [3.63, 3.8) is 0 Å². The van der Waals surface area contributed by atoms with Crippen LogP contribution in [0.3, 0.4) is 0 Å². The lowest BCUT2D eigenvalue weighted by atomic mass is 10.1. The van der Waals surface area contributed by atoms with Crippen molar-refractivity contribution in [1.29, 1.82) is 0 Å². The van der Waals surface area contributed by atoms with E-state index in [0.29, 0.717) is 50.4 Å². The summed E-state index contributed by atoms with van der Waals surface area (Å²) < 4.78 is 79.7. The summed E-state index contributed by atoms with van der Waals surface area (Å²) in [5.74, 6) is -2.79. The van der Waals surface area contributed by atoms with E-state index in [1.165, 1.54) is 65.7 Å². The average molecular weight is 913 g/mol. The maximum atomic E-state index is 13.2. The molecule has 0 saturated carbocycles. The zero-order chi connectivity index (χ0) is 46.8. The number of amides is 4. The Balaban J connectivity index is 0.000000194. The number of Topliss-reactive ketones (excluding diaryl/α,β-unsaturated/α-hetero) is 2. The van der Waals surface area contributed by atoms with Crippen LogP contribution in [0.15, 0.2) is 60.9 Å². The number of hydrogen-bond donors (Lipinski definition) is 3. The Labute approximate surface area is 364 Å². The van der Waals surface area contributed by atoms with Crippen LogP contribution in [0.1, 0.15) is 80.2 Å². The first-order valence-electron chi connectivity index (χ1n) is 19.9. The number of carbonyl (C=O) groups excluding carboxylic acids is 5. The number of alkyl halides is 6. The maximum Gasteiger partial charge on any atom is 0.389 e. The quantitative estimate of drug-likeness (QED) is 0.0852. The van der Waals surface area contributed by atoms with Gasteiger partial charge in [0.05, 0.1) is 54.5 Å². The summed E-state index contributed by atoms with van der Waals surface area (Å²) >= 11 is 0. The molecule has 4 aromatic rings. The molecule has 18 nitrogen and oxygen atoms in total. The number of esters is 1. The first kappa shape index (κ1) is 45.6. The zero-order valence-corrected chi connectivity index (χ0v) is 34.1. The van der Waals surface area contributed by atoms with E-state index in [9.17, 15) is 55.1 Å². The van der Waals surface area contributed by atoms with Gasteiger partial charge in [-0.05, 0) is 61.4 Å². The van der Waals surface area contributed by atoms with Crippen LogP contribution >= 0.6 is 0 Å². The van der Waals surface area contributed by atoms with E-state index in [-0.39, 0.29) is 57.9 Å². The van der Waals surface area contributed by atoms with Crippen molar-refractivity contribution in [3.05, 3.63) is 83.4 Å². The molecular weight excluding hydrogens is 875 g/mol. The molecule has 2 atom stereocenters. The van der Waals surface area contributed by atoms with Gasteiger partial charge in [-0.3, -0.25) is 30.0 Å². The molecule has 0 aromatic carbocycles. The minimum Gasteiger partial charge on any atom is -0.478 e. The molecule has 24 heteroatoms. The fraction of sp³-hybridized carbons (Fsp3) is 0.366. The second-order valence-electron chi connectivity index (χ2n) is 15.2. The minimum atomic E-state index is -4.46. The Bertz CT molecular complexity index is 2540. The molecule has 0 unspecified atom stereocenters. The van der Waals surface area contributed by atoms with Crippen molar-refractivity contribution in [1.82, 2.24) is 19.9 Å². The highest BCUT2D eigenvalue weighted by molar-refractivity contribution is 6.07. The third-order valence-corrected chi connectivity index (χ3v) is 10.8. The molecule has 4 bridgehead atoms. The van der Waals surface area contributed by atoms with E-state index < -0.39 is 73.6 Å². The van der Waals surface area contributed by atoms with Crippen LogP contribution in [-0.4, -0.2) is 118 Å². The lowest BCUT2D eigenvalue weighted by molar-refractivity contribution is -0.134. The maximum absolute atomic E-state index is 13.2. The van der Waals surface area contributed by atoms with E-state index in [2.05, 4.69) is 35.3 Å². The summed E-state index contributed by atoms with van der Waals surface area (Å²) in [5.41, 5.74) is 1.06. The second kappa shape index (κ2) is 18.4. The number of halogens is 6. The molecule has 4 aliphatic rings. The van der Waals surface area contributed by atoms with Crippen LogP contribution < -0.4 is 30.2 Å². The number of fused-ring (bicyclic) bond motifs is 8. The van der Waals surface area contributed by atoms with E-state index in [0.717, 1.165) is 0 Å². The smallest absolute Gasteiger partial charge is 0.389 e. The fourth-order valence-corrected chi connectivity index (χ4v) is 7.74. The highest BCUT2D eigenvalue weighted by Crippen LogP contribution is 2.41. The highest BCUT2D eigenvalue weighted by Gasteiger charge is 2.42. The number of ether oxygens (including phenoxy) is 1. The third-order valence-electron chi connectivity index (χ3n) is 10.8. The van der Waals surface area contributed by atoms with Gasteiger partial charge in [-0.25, -0.2) is 39.1 Å². The molecule has 3 N–H and O–H groups in total. The zero-order valence-electron chi connectivity index (χ0n) is 34.1. The third kappa shape index (κ3) is 10.5. The normalized spacial score (nSPS) is 17.0. The fourth-order valence-electron chi connectivity index (χ4n) is 7.74. The Morgan fingerprint density at radius 1 is 0.677 bits per heavy atom. The molecule has 65 heavy (non-hydrogen) atoms. The van der Waals surface area contributed by atoms with Crippen LogP contribution in [0.4, 0.5) is 70.6 Å². The Morgan fingerprint density at radius 3 is 1.52 bits per heavy atom. The van der Waals surface area contributed by atoms with E-state index in [4.69, 9.17) is 5.11 Å². The number of rotatable bonds is 10. The summed E-state index contributed by atoms with van der Waals surface area (Å²) in [4.78, 5) is 97.0. The van der Waals surface area contributed by atoms with Gasteiger partial charge in [-0.15, -0.1) is 0 Å². The van der Waals surface area contributed by atoms with Gasteiger partial charge in [0.25, 0.3) is 0 Å². The predicted octanol–water partition coefficient (Wildman–Crippen LogP) is 6.75. The molecular formula is C41H38F6N10O8. The Morgan fingerprint density at radius 2 is 1.11 bits per heavy atom. The lowest BCUT2D eigenvalue weighted by Gasteiger charge is -2.35. The van der Waals surface area contributed by atoms with Crippen molar-refractivity contribution in [3.8, 4) is 0 Å². The summed E-state index contributed by atoms with van der Waals surface area (Å²) in [6.45, 7) is 2.41. The van der Waals surface area contributed by atoms with Gasteiger partial charge >= 0.3 is 36.4 Å². The van der Waals surface area contributed by atoms with Crippen molar-refractivity contribution in [2.75, 3.05) is 63.5 Å². The SMILES string of the molecule is COC(=O)c1ccnc(NC(=O)N2c3nc(C(=O)CCC(F)(F)F)ccc3N3CC[C@H]2C3)c1.O=C(O)c1ccnc(NC(=O)N2c3nc(C(=O)CCC(F)(F)F)ccc3N3CC[C@H]2C3)c1. The van der Waals surface area contributed by atoms with Gasteiger partial charge < -0.3 is 19.6 Å². The molecule has 2 saturated heterocycles. The largest absolute Gasteiger partial charge is 0.478 e. The van der Waals surface area contributed by atoms with Crippen LogP contribution in [0.5, 0.6) is 0 Å². The molecule has 0 radical (unpaired) electrons. The van der Waals surface area contributed by atoms with Gasteiger partial charge in [0.1, 0.15) is 23.0 Å². The van der Waals surface area contributed by atoms with Crippen LogP contribution in [0.25, 0.3) is 0 Å². The molecule has 4 aromatic heterocycles. The average Bonchev–Trinajstić information content (AvgIpc) is 3.89. The van der Waals surface area contributed by atoms with Gasteiger partial charge in [0.2, 0.25) is 0 Å². The van der Waals surface area contributed by atoms with E-state index in [1.807, 2.05) is 9.80 Å². The van der Waals surface area contributed by atoms with Crippen molar-refractivity contribution in [2.45, 2.75) is 63.0 Å². The topological polar surface area (TPSA) is 220 Å². The van der Waals surface area contributed by atoms with Gasteiger partial charge in [-0.2, -0.15) is 26.3 Å². The Kier molecular flexibility index (Phi) is 12.9. The number of carboxylic acid groups (broad SMARTS) is 1. The molecule has 2 fully saturated rings. The molecule has 342 valence electrons. The number of methoxy groups -OCH3 is 1. The molecule has 8 heterocycles. The first-order chi connectivity index (χ1) is 30.8. The standard InChI is InChI=1S/C21H20F3N5O4.C20H18F3N5O4/c1-33-19(31)12-5-8-25-17(10-12)27-20(32)29-13-6-9-28(11-13)15-3-2-14(26-18(15)29)16(30)4-7-21(22,23)24;21-20(22,23)6-3-15(29)13-1-2-14-17(25-13)28(12-5-8-27(14)10-12)19(32)26-16-9-11(18(30)31)4-7-24-16/h2-3,5,8,10,13H,4,6-7,9,11H2,1H3,(H,25,27,32);1-2,4,7,9,12H,3,5-6,8,10H2,(H,30,31)(H,24,26,32)/t13-;12-/m00/s1. The van der Waals surface area contributed by atoms with Gasteiger partial charge in [0.15, 0.2) is 23.2 Å². The van der Waals surface area contributed by atoms with Crippen molar-refractivity contribution in [2.24, 2.45) is 0 Å². The van der Waals surface area contributed by atoms with Crippen LogP contribution in [0, 0.1) is 0 Å². The molecule has 4 aliphatic heterocycles. The van der Waals surface area contributed by atoms with Crippen LogP contribution in [0.2, 0.25) is 0 Å². The number of carboxylic acids is 1. The predicted molar refractivity (Wildman–Crippen MR) is 219 cm³/mol. The monoisotopic (exact) mass is 912 g/mol. The first-order valence-corrected chi connectivity index (χ1v) is 19.9. The second-order valence-corrected chi connectivity index (χ2v) is 15.2. The molecule has 0 spiro atoms. The molecule has 4 amide bonds.